The molecule has 0 fully saturated rings. The fourth-order valence-electron chi connectivity index (χ4n) is 3.37. The van der Waals surface area contributed by atoms with Crippen molar-refractivity contribution in [2.75, 3.05) is 18.2 Å². The summed E-state index contributed by atoms with van der Waals surface area (Å²) in [4.78, 5) is 17.4. The summed E-state index contributed by atoms with van der Waals surface area (Å²) < 4.78 is 6.23. The summed E-state index contributed by atoms with van der Waals surface area (Å²) in [6.07, 6.45) is 0. The Morgan fingerprint density at radius 1 is 1.03 bits per heavy atom. The van der Waals surface area contributed by atoms with Gasteiger partial charge in [0.25, 0.3) is 0 Å². The van der Waals surface area contributed by atoms with Gasteiger partial charge in [-0.1, -0.05) is 66.4 Å². The first-order valence-electron chi connectivity index (χ1n) is 10.4. The molecule has 0 saturated carbocycles. The van der Waals surface area contributed by atoms with Crippen molar-refractivity contribution in [3.05, 3.63) is 94.1 Å². The third-order valence-corrected chi connectivity index (χ3v) is 6.97. The van der Waals surface area contributed by atoms with Gasteiger partial charge in [-0.2, -0.15) is 5.26 Å². The lowest BCUT2D eigenvalue weighted by molar-refractivity contribution is -0.113. The van der Waals surface area contributed by atoms with E-state index in [0.717, 1.165) is 37.4 Å². The molecule has 0 aliphatic rings. The van der Waals surface area contributed by atoms with Crippen molar-refractivity contribution < 1.29 is 9.53 Å². The molecule has 0 spiro atoms. The van der Waals surface area contributed by atoms with Crippen molar-refractivity contribution in [3.63, 3.8) is 0 Å². The number of halogens is 1. The molecule has 0 bridgehead atoms. The standard InChI is InChI=1S/C27H20IN3O2S/c1-33-20-13-11-18(12-14-20)21-15-25(19-7-3-2-4-8-19)31-27(22(21)16-29)34-17-26(32)30-24-10-6-5-9-23(24)28/h2-15H,17H2,1H3,(H,30,32). The minimum Gasteiger partial charge on any atom is -0.497 e. The Balaban J connectivity index is 1.69. The quantitative estimate of drug-likeness (QED) is 0.197. The van der Waals surface area contributed by atoms with Crippen LogP contribution < -0.4 is 10.1 Å². The largest absolute Gasteiger partial charge is 0.497 e. The van der Waals surface area contributed by atoms with E-state index < -0.39 is 0 Å². The molecule has 5 nitrogen and oxygen atoms in total. The number of methoxy groups -OCH3 is 1. The average Bonchev–Trinajstić information content (AvgIpc) is 2.88. The first kappa shape index (κ1) is 23.8. The third kappa shape index (κ3) is 5.58. The van der Waals surface area contributed by atoms with Crippen LogP contribution in [0.3, 0.4) is 0 Å². The fraction of sp³-hybridized carbons (Fsp3) is 0.0741. The molecule has 0 atom stereocenters. The zero-order valence-corrected chi connectivity index (χ0v) is 21.3. The molecular weight excluding hydrogens is 557 g/mol. The van der Waals surface area contributed by atoms with Gasteiger partial charge in [0.15, 0.2) is 0 Å². The van der Waals surface area contributed by atoms with E-state index in [1.165, 1.54) is 11.8 Å². The summed E-state index contributed by atoms with van der Waals surface area (Å²) in [6, 6.07) is 29.2. The molecule has 1 amide bonds. The highest BCUT2D eigenvalue weighted by atomic mass is 127. The molecule has 7 heteroatoms. The van der Waals surface area contributed by atoms with Gasteiger partial charge in [0.05, 0.1) is 29.8 Å². The molecule has 0 radical (unpaired) electrons. The van der Waals surface area contributed by atoms with E-state index in [9.17, 15) is 10.1 Å². The number of amides is 1. The first-order valence-corrected chi connectivity index (χ1v) is 12.5. The van der Waals surface area contributed by atoms with Crippen molar-refractivity contribution in [1.29, 1.82) is 5.26 Å². The number of carbonyl (C=O) groups is 1. The minimum absolute atomic E-state index is 0.132. The average molecular weight is 577 g/mol. The topological polar surface area (TPSA) is 75.0 Å². The lowest BCUT2D eigenvalue weighted by atomic mass is 9.99. The van der Waals surface area contributed by atoms with E-state index in [1.807, 2.05) is 84.9 Å². The van der Waals surface area contributed by atoms with Gasteiger partial charge in [-0.15, -0.1) is 0 Å². The van der Waals surface area contributed by atoms with Crippen molar-refractivity contribution in [2.24, 2.45) is 0 Å². The summed E-state index contributed by atoms with van der Waals surface area (Å²) in [7, 11) is 1.62. The van der Waals surface area contributed by atoms with Crippen molar-refractivity contribution in [3.8, 4) is 34.2 Å². The second kappa shape index (κ2) is 11.2. The van der Waals surface area contributed by atoms with Crippen LogP contribution in [-0.2, 0) is 4.79 Å². The SMILES string of the molecule is COc1ccc(-c2cc(-c3ccccc3)nc(SCC(=O)Nc3ccccc3I)c2C#N)cc1. The molecule has 4 aromatic rings. The van der Waals surface area contributed by atoms with Gasteiger partial charge in [-0.05, 0) is 58.5 Å². The van der Waals surface area contributed by atoms with Crippen LogP contribution in [0.25, 0.3) is 22.4 Å². The fourth-order valence-corrected chi connectivity index (χ4v) is 4.70. The Bertz CT molecular complexity index is 1350. The number of nitrogens with zero attached hydrogens (tertiary/aromatic N) is 2. The molecule has 0 unspecified atom stereocenters. The van der Waals surface area contributed by atoms with Crippen LogP contribution in [0, 0.1) is 14.9 Å². The molecule has 0 aliphatic carbocycles. The van der Waals surface area contributed by atoms with Gasteiger partial charge in [0.1, 0.15) is 16.8 Å². The number of thioether (sulfide) groups is 1. The van der Waals surface area contributed by atoms with Gasteiger partial charge in [0, 0.05) is 14.7 Å². The van der Waals surface area contributed by atoms with Crippen LogP contribution in [0.1, 0.15) is 5.56 Å². The maximum absolute atomic E-state index is 12.7. The second-order valence-electron chi connectivity index (χ2n) is 7.26. The minimum atomic E-state index is -0.157. The number of hydrogen-bond donors (Lipinski definition) is 1. The third-order valence-electron chi connectivity index (χ3n) is 5.06. The Morgan fingerprint density at radius 2 is 1.74 bits per heavy atom. The number of benzene rings is 3. The number of rotatable bonds is 7. The zero-order valence-electron chi connectivity index (χ0n) is 18.3. The van der Waals surface area contributed by atoms with Crippen LogP contribution in [0.2, 0.25) is 0 Å². The Hall–Kier alpha value is -3.35. The molecule has 0 saturated heterocycles. The van der Waals surface area contributed by atoms with E-state index in [0.29, 0.717) is 10.6 Å². The number of ether oxygens (including phenoxy) is 1. The number of nitrogens with one attached hydrogen (secondary N) is 1. The summed E-state index contributed by atoms with van der Waals surface area (Å²) in [5.41, 5.74) is 4.52. The van der Waals surface area contributed by atoms with Gasteiger partial charge in [-0.25, -0.2) is 4.98 Å². The van der Waals surface area contributed by atoms with Gasteiger partial charge in [-0.3, -0.25) is 4.79 Å². The van der Waals surface area contributed by atoms with Gasteiger partial charge >= 0.3 is 0 Å². The maximum Gasteiger partial charge on any atom is 0.234 e. The molecule has 0 aliphatic heterocycles. The van der Waals surface area contributed by atoms with Gasteiger partial charge in [0.2, 0.25) is 5.91 Å². The Morgan fingerprint density at radius 3 is 2.41 bits per heavy atom. The number of hydrogen-bond acceptors (Lipinski definition) is 5. The van der Waals surface area contributed by atoms with E-state index in [2.05, 4.69) is 34.0 Å². The highest BCUT2D eigenvalue weighted by molar-refractivity contribution is 14.1. The van der Waals surface area contributed by atoms with Crippen LogP contribution in [-0.4, -0.2) is 23.8 Å². The number of nitriles is 1. The normalized spacial score (nSPS) is 10.4. The number of aromatic nitrogens is 1. The summed E-state index contributed by atoms with van der Waals surface area (Å²) in [5.74, 6) is 0.713. The second-order valence-corrected chi connectivity index (χ2v) is 9.38. The summed E-state index contributed by atoms with van der Waals surface area (Å²) in [6.45, 7) is 0. The van der Waals surface area contributed by atoms with Crippen molar-refractivity contribution >= 4 is 45.9 Å². The van der Waals surface area contributed by atoms with Crippen molar-refractivity contribution in [1.82, 2.24) is 4.98 Å². The Labute approximate surface area is 216 Å². The molecule has 168 valence electrons. The molecule has 1 N–H and O–H groups in total. The Kier molecular flexibility index (Phi) is 7.83. The number of pyridine rings is 1. The van der Waals surface area contributed by atoms with E-state index in [4.69, 9.17) is 9.72 Å². The highest BCUT2D eigenvalue weighted by Crippen LogP contribution is 2.35. The summed E-state index contributed by atoms with van der Waals surface area (Å²) >= 11 is 3.44. The summed E-state index contributed by atoms with van der Waals surface area (Å²) in [5, 5.41) is 13.5. The maximum atomic E-state index is 12.7. The van der Waals surface area contributed by atoms with Crippen molar-refractivity contribution in [2.45, 2.75) is 5.03 Å². The number of para-hydroxylation sites is 1. The zero-order chi connectivity index (χ0) is 23.9. The van der Waals surface area contributed by atoms with Crippen LogP contribution in [0.15, 0.2) is 90.0 Å². The molecule has 4 rings (SSSR count). The number of carbonyl (C=O) groups excluding carboxylic acids is 1. The molecule has 3 aromatic carbocycles. The number of anilines is 1. The highest BCUT2D eigenvalue weighted by Gasteiger charge is 2.17. The lowest BCUT2D eigenvalue weighted by Crippen LogP contribution is -2.15. The molecule has 1 heterocycles. The van der Waals surface area contributed by atoms with E-state index in [-0.39, 0.29) is 11.7 Å². The van der Waals surface area contributed by atoms with Crippen LogP contribution >= 0.6 is 34.4 Å². The predicted molar refractivity (Wildman–Crippen MR) is 145 cm³/mol. The lowest BCUT2D eigenvalue weighted by Gasteiger charge is -2.13. The van der Waals surface area contributed by atoms with E-state index >= 15 is 0 Å². The van der Waals surface area contributed by atoms with Crippen LogP contribution in [0.5, 0.6) is 5.75 Å². The smallest absolute Gasteiger partial charge is 0.234 e. The monoisotopic (exact) mass is 577 g/mol. The predicted octanol–water partition coefficient (Wildman–Crippen LogP) is 6.63. The molecule has 34 heavy (non-hydrogen) atoms. The van der Waals surface area contributed by atoms with Gasteiger partial charge < -0.3 is 10.1 Å². The first-order chi connectivity index (χ1) is 16.6. The van der Waals surface area contributed by atoms with Crippen LogP contribution in [0.4, 0.5) is 5.69 Å². The molecular formula is C27H20IN3O2S. The molecule has 1 aromatic heterocycles. The van der Waals surface area contributed by atoms with E-state index in [1.54, 1.807) is 7.11 Å².